The van der Waals surface area contributed by atoms with Crippen molar-refractivity contribution < 1.29 is 4.79 Å². The largest absolute Gasteiger partial charge is 0.355 e. The fourth-order valence-corrected chi connectivity index (χ4v) is 2.40. The highest BCUT2D eigenvalue weighted by molar-refractivity contribution is 6.42. The Hall–Kier alpha value is -1.49. The van der Waals surface area contributed by atoms with E-state index in [1.165, 1.54) is 23.9 Å². The van der Waals surface area contributed by atoms with Gasteiger partial charge in [0.1, 0.15) is 5.56 Å². The third kappa shape index (κ3) is 3.59. The maximum atomic E-state index is 12.3. The van der Waals surface area contributed by atoms with Gasteiger partial charge in [0.15, 0.2) is 0 Å². The predicted octanol–water partition coefficient (Wildman–Crippen LogP) is 3.22. The number of nitrogens with zero attached hydrogens (tertiary/aromatic N) is 1. The number of pyridine rings is 1. The number of benzene rings is 1. The van der Waals surface area contributed by atoms with E-state index in [-0.39, 0.29) is 12.1 Å². The van der Waals surface area contributed by atoms with Crippen LogP contribution in [0.1, 0.15) is 15.9 Å². The topological polar surface area (TPSA) is 51.1 Å². The van der Waals surface area contributed by atoms with Gasteiger partial charge in [-0.2, -0.15) is 0 Å². The summed E-state index contributed by atoms with van der Waals surface area (Å²) in [6.45, 7) is 0.236. The van der Waals surface area contributed by atoms with Gasteiger partial charge in [0.05, 0.1) is 21.6 Å². The third-order valence-corrected chi connectivity index (χ3v) is 3.81. The first-order chi connectivity index (χ1) is 9.92. The first-order valence-electron chi connectivity index (χ1n) is 5.98. The number of carbonyl (C=O) groups excluding carboxylic acids is 1. The number of hydrogen-bond donors (Lipinski definition) is 1. The van der Waals surface area contributed by atoms with E-state index in [1.807, 2.05) is 0 Å². The summed E-state index contributed by atoms with van der Waals surface area (Å²) in [7, 11) is 1.45. The third-order valence-electron chi connectivity index (χ3n) is 2.86. The molecule has 2 rings (SSSR count). The predicted molar refractivity (Wildman–Crippen MR) is 84.7 cm³/mol. The Kier molecular flexibility index (Phi) is 4.93. The van der Waals surface area contributed by atoms with Crippen LogP contribution in [-0.4, -0.2) is 17.5 Å². The second-order valence-electron chi connectivity index (χ2n) is 4.33. The van der Waals surface area contributed by atoms with E-state index in [0.29, 0.717) is 15.1 Å². The number of hydrogen-bond acceptors (Lipinski definition) is 2. The molecule has 0 radical (unpaired) electrons. The van der Waals surface area contributed by atoms with Crippen molar-refractivity contribution in [1.29, 1.82) is 0 Å². The molecule has 110 valence electrons. The molecular formula is C14H11Cl3N2O2. The fraction of sp³-hybridized carbons (Fsp3) is 0.143. The Morgan fingerprint density at radius 3 is 2.52 bits per heavy atom. The van der Waals surface area contributed by atoms with Crippen molar-refractivity contribution in [2.45, 2.75) is 6.54 Å². The van der Waals surface area contributed by atoms with Crippen molar-refractivity contribution >= 4 is 40.7 Å². The van der Waals surface area contributed by atoms with Gasteiger partial charge in [-0.1, -0.05) is 40.9 Å². The molecule has 1 aromatic heterocycles. The molecule has 0 bridgehead atoms. The average molecular weight is 346 g/mol. The van der Waals surface area contributed by atoms with Crippen LogP contribution >= 0.6 is 34.8 Å². The van der Waals surface area contributed by atoms with Crippen molar-refractivity contribution in [3.63, 3.8) is 0 Å². The summed E-state index contributed by atoms with van der Waals surface area (Å²) in [5.74, 6) is -0.481. The van der Waals surface area contributed by atoms with Gasteiger partial charge in [-0.3, -0.25) is 9.59 Å². The van der Waals surface area contributed by atoms with E-state index in [9.17, 15) is 9.59 Å². The molecule has 1 amide bonds. The molecule has 0 saturated carbocycles. The van der Waals surface area contributed by atoms with Crippen LogP contribution in [0.15, 0.2) is 35.3 Å². The van der Waals surface area contributed by atoms with Crippen LogP contribution in [0.3, 0.4) is 0 Å². The average Bonchev–Trinajstić information content (AvgIpc) is 2.45. The van der Waals surface area contributed by atoms with Gasteiger partial charge in [0.2, 0.25) is 0 Å². The molecule has 21 heavy (non-hydrogen) atoms. The summed E-state index contributed by atoms with van der Waals surface area (Å²) >= 11 is 17.8. The lowest BCUT2D eigenvalue weighted by Crippen LogP contribution is -2.31. The minimum Gasteiger partial charge on any atom is -0.355 e. The molecule has 0 aliphatic carbocycles. The summed E-state index contributed by atoms with van der Waals surface area (Å²) in [4.78, 5) is 23.9. The molecule has 0 aliphatic heterocycles. The van der Waals surface area contributed by atoms with E-state index >= 15 is 0 Å². The molecule has 7 heteroatoms. The monoisotopic (exact) mass is 344 g/mol. The maximum Gasteiger partial charge on any atom is 0.263 e. The molecule has 4 nitrogen and oxygen atoms in total. The van der Waals surface area contributed by atoms with E-state index in [2.05, 4.69) is 5.32 Å². The Morgan fingerprint density at radius 1 is 1.19 bits per heavy atom. The summed E-state index contributed by atoms with van der Waals surface area (Å²) in [6.07, 6.45) is 1.47. The Morgan fingerprint density at radius 2 is 1.90 bits per heavy atom. The van der Waals surface area contributed by atoms with Crippen molar-refractivity contribution in [3.8, 4) is 0 Å². The summed E-state index contributed by atoms with van der Waals surface area (Å²) in [6, 6.07) is 6.40. The van der Waals surface area contributed by atoms with Gasteiger partial charge < -0.3 is 9.88 Å². The zero-order valence-electron chi connectivity index (χ0n) is 11.0. The molecule has 0 saturated heterocycles. The van der Waals surface area contributed by atoms with Crippen LogP contribution in [0, 0.1) is 0 Å². The number of halogens is 3. The minimum absolute atomic E-state index is 0.00920. The van der Waals surface area contributed by atoms with Gasteiger partial charge in [-0.05, 0) is 23.8 Å². The van der Waals surface area contributed by atoms with Gasteiger partial charge in [0, 0.05) is 13.2 Å². The molecular weight excluding hydrogens is 335 g/mol. The molecule has 2 aromatic rings. The van der Waals surface area contributed by atoms with Crippen molar-refractivity contribution in [3.05, 3.63) is 67.0 Å². The molecule has 0 fully saturated rings. The highest BCUT2D eigenvalue weighted by Crippen LogP contribution is 2.23. The second kappa shape index (κ2) is 6.52. The lowest BCUT2D eigenvalue weighted by atomic mass is 10.2. The Balaban J connectivity index is 2.44. The standard InChI is InChI=1S/C14H11Cl3N2O2/c1-18-13(20)10-5-9(15)7-19(14(10)21)6-8-2-3-11(16)12(17)4-8/h2-5,7H,6H2,1H3,(H,18,20). The molecule has 1 N–H and O–H groups in total. The molecule has 0 atom stereocenters. The number of carbonyl (C=O) groups is 1. The molecule has 0 unspecified atom stereocenters. The van der Waals surface area contributed by atoms with Crippen LogP contribution in [-0.2, 0) is 6.54 Å². The SMILES string of the molecule is CNC(=O)c1cc(Cl)cn(Cc2ccc(Cl)c(Cl)c2)c1=O. The number of nitrogens with one attached hydrogen (secondary N) is 1. The van der Waals surface area contributed by atoms with Gasteiger partial charge in [-0.25, -0.2) is 0 Å². The van der Waals surface area contributed by atoms with E-state index in [0.717, 1.165) is 5.56 Å². The summed E-state index contributed by atoms with van der Waals surface area (Å²) in [5.41, 5.74) is 0.339. The molecule has 0 aliphatic rings. The highest BCUT2D eigenvalue weighted by Gasteiger charge is 2.13. The van der Waals surface area contributed by atoms with Crippen LogP contribution in [0.25, 0.3) is 0 Å². The van der Waals surface area contributed by atoms with Gasteiger partial charge in [-0.15, -0.1) is 0 Å². The van der Waals surface area contributed by atoms with Crippen LogP contribution in [0.5, 0.6) is 0 Å². The first-order valence-corrected chi connectivity index (χ1v) is 7.11. The lowest BCUT2D eigenvalue weighted by Gasteiger charge is -2.09. The number of rotatable bonds is 3. The molecule has 1 aromatic carbocycles. The smallest absolute Gasteiger partial charge is 0.263 e. The zero-order chi connectivity index (χ0) is 15.6. The summed E-state index contributed by atoms with van der Waals surface area (Å²) < 4.78 is 1.35. The van der Waals surface area contributed by atoms with Crippen molar-refractivity contribution in [1.82, 2.24) is 9.88 Å². The van der Waals surface area contributed by atoms with E-state index in [1.54, 1.807) is 18.2 Å². The second-order valence-corrected chi connectivity index (χ2v) is 5.58. The highest BCUT2D eigenvalue weighted by atomic mass is 35.5. The zero-order valence-corrected chi connectivity index (χ0v) is 13.3. The fourth-order valence-electron chi connectivity index (χ4n) is 1.85. The van der Waals surface area contributed by atoms with Gasteiger partial charge >= 0.3 is 0 Å². The molecule has 1 heterocycles. The normalized spacial score (nSPS) is 10.5. The lowest BCUT2D eigenvalue weighted by molar-refractivity contribution is 0.0961. The number of amides is 1. The van der Waals surface area contributed by atoms with Crippen LogP contribution < -0.4 is 10.9 Å². The van der Waals surface area contributed by atoms with Crippen molar-refractivity contribution in [2.75, 3.05) is 7.05 Å². The summed E-state index contributed by atoms with van der Waals surface area (Å²) in [5, 5.41) is 3.54. The van der Waals surface area contributed by atoms with E-state index in [4.69, 9.17) is 34.8 Å². The van der Waals surface area contributed by atoms with Gasteiger partial charge in [0.25, 0.3) is 11.5 Å². The Bertz CT molecular complexity index is 756. The van der Waals surface area contributed by atoms with Crippen LogP contribution in [0.4, 0.5) is 0 Å². The first kappa shape index (κ1) is 15.9. The quantitative estimate of drug-likeness (QED) is 0.928. The van der Waals surface area contributed by atoms with Crippen LogP contribution in [0.2, 0.25) is 15.1 Å². The van der Waals surface area contributed by atoms with E-state index < -0.39 is 11.5 Å². The maximum absolute atomic E-state index is 12.3. The minimum atomic E-state index is -0.481. The Labute approximate surface area is 136 Å². The van der Waals surface area contributed by atoms with Crippen molar-refractivity contribution in [2.24, 2.45) is 0 Å². The number of aromatic nitrogens is 1. The molecule has 0 spiro atoms.